The molecule has 2 aliphatic rings. The lowest BCUT2D eigenvalue weighted by atomic mass is 9.83. The van der Waals surface area contributed by atoms with Crippen LogP contribution in [0.2, 0.25) is 16.6 Å². The Bertz CT molecular complexity index is 476. The van der Waals surface area contributed by atoms with Crippen LogP contribution < -0.4 is 0 Å². The van der Waals surface area contributed by atoms with E-state index in [1.807, 2.05) is 0 Å². The highest BCUT2D eigenvalue weighted by Crippen LogP contribution is 2.50. The number of ketones is 2. The van der Waals surface area contributed by atoms with Crippen LogP contribution in [0.1, 0.15) is 80.6 Å². The average Bonchev–Trinajstić information content (AvgIpc) is 2.83. The summed E-state index contributed by atoms with van der Waals surface area (Å²) < 4.78 is 7.11. The summed E-state index contributed by atoms with van der Waals surface area (Å²) >= 11 is 0. The van der Waals surface area contributed by atoms with Crippen molar-refractivity contribution in [2.75, 3.05) is 0 Å². The molecule has 2 aliphatic carbocycles. The second-order valence-electron chi connectivity index (χ2n) is 9.38. The number of Topliss-reactive ketones (excluding diaryl/α,β-unsaturated/α-hetero) is 2. The van der Waals surface area contributed by atoms with Crippen molar-refractivity contribution >= 4 is 19.9 Å². The van der Waals surface area contributed by atoms with Crippen LogP contribution in [0.15, 0.2) is 0 Å². The Hall–Kier alpha value is -0.483. The van der Waals surface area contributed by atoms with Gasteiger partial charge in [0.2, 0.25) is 8.32 Å². The Morgan fingerprint density at radius 3 is 2.00 bits per heavy atom. The van der Waals surface area contributed by atoms with E-state index in [-0.39, 0.29) is 23.7 Å². The van der Waals surface area contributed by atoms with Crippen molar-refractivity contribution in [2.24, 2.45) is 17.8 Å². The molecule has 0 aromatic carbocycles. The summed E-state index contributed by atoms with van der Waals surface area (Å²) in [7, 11) is -1.96. The number of hydrogen-bond donors (Lipinski definition) is 0. The topological polar surface area (TPSA) is 43.4 Å². The zero-order valence-corrected chi connectivity index (χ0v) is 18.3. The highest BCUT2D eigenvalue weighted by Gasteiger charge is 2.51. The summed E-state index contributed by atoms with van der Waals surface area (Å²) in [4.78, 5) is 24.4. The largest absolute Gasteiger partial charge is 0.413 e. The van der Waals surface area contributed by atoms with Crippen LogP contribution in [-0.4, -0.2) is 26.0 Å². The molecule has 0 heterocycles. The van der Waals surface area contributed by atoms with Crippen LogP contribution >= 0.6 is 0 Å². The maximum atomic E-state index is 12.4. The molecule has 0 spiro atoms. The molecule has 25 heavy (non-hydrogen) atoms. The van der Waals surface area contributed by atoms with E-state index in [0.29, 0.717) is 41.2 Å². The van der Waals surface area contributed by atoms with Crippen LogP contribution in [0.25, 0.3) is 0 Å². The minimum atomic E-state index is -1.96. The molecule has 0 bridgehead atoms. The zero-order chi connectivity index (χ0) is 18.9. The van der Waals surface area contributed by atoms with Crippen LogP contribution in [0.3, 0.4) is 0 Å². The number of carbonyl (C=O) groups excluding carboxylic acids is 2. The minimum absolute atomic E-state index is 0.0753. The molecule has 0 amide bonds. The van der Waals surface area contributed by atoms with Gasteiger partial charge in [0.1, 0.15) is 11.6 Å². The molecular formula is C21H38O3Si. The van der Waals surface area contributed by atoms with Crippen molar-refractivity contribution in [2.45, 2.75) is 103 Å². The third-order valence-electron chi connectivity index (χ3n) is 7.11. The third-order valence-corrected chi connectivity index (χ3v) is 13.2. The summed E-state index contributed by atoms with van der Waals surface area (Å²) in [6.45, 7) is 15.6. The molecule has 2 saturated carbocycles. The van der Waals surface area contributed by atoms with Crippen LogP contribution in [0, 0.1) is 17.8 Å². The normalized spacial score (nSPS) is 30.9. The van der Waals surface area contributed by atoms with Crippen molar-refractivity contribution in [3.05, 3.63) is 0 Å². The van der Waals surface area contributed by atoms with Gasteiger partial charge in [-0.25, -0.2) is 0 Å². The quantitative estimate of drug-likeness (QED) is 0.580. The fraction of sp³-hybridized carbons (Fsp3) is 0.905. The number of rotatable bonds is 6. The van der Waals surface area contributed by atoms with E-state index in [2.05, 4.69) is 41.5 Å². The number of hydrogen-bond acceptors (Lipinski definition) is 3. The zero-order valence-electron chi connectivity index (χ0n) is 17.3. The monoisotopic (exact) mass is 366 g/mol. The SMILES string of the molecule is CC(=O)[C@H]1CC[C@H]2[C@H]1CC(=O)CC[C@H]2O[Si](C(C)C)(C(C)C)C(C)C. The first-order chi connectivity index (χ1) is 11.6. The molecule has 0 aromatic rings. The molecule has 0 saturated heterocycles. The molecule has 0 aromatic heterocycles. The van der Waals surface area contributed by atoms with E-state index in [1.54, 1.807) is 6.92 Å². The summed E-state index contributed by atoms with van der Waals surface area (Å²) in [6, 6.07) is 0. The highest BCUT2D eigenvalue weighted by atomic mass is 28.4. The number of fused-ring (bicyclic) bond motifs is 1. The van der Waals surface area contributed by atoms with E-state index in [1.165, 1.54) is 0 Å². The number of carbonyl (C=O) groups is 2. The van der Waals surface area contributed by atoms with Crippen LogP contribution in [-0.2, 0) is 14.0 Å². The summed E-state index contributed by atoms with van der Waals surface area (Å²) in [5.74, 6) is 1.28. The first-order valence-electron chi connectivity index (χ1n) is 10.3. The molecule has 4 atom stereocenters. The Kier molecular flexibility index (Phi) is 6.69. The van der Waals surface area contributed by atoms with E-state index in [0.717, 1.165) is 19.3 Å². The lowest BCUT2D eigenvalue weighted by Gasteiger charge is -2.46. The molecule has 0 unspecified atom stereocenters. The van der Waals surface area contributed by atoms with Gasteiger partial charge in [-0.3, -0.25) is 9.59 Å². The molecule has 0 N–H and O–H groups in total. The van der Waals surface area contributed by atoms with E-state index in [9.17, 15) is 9.59 Å². The Labute approximate surface area is 155 Å². The lowest BCUT2D eigenvalue weighted by Crippen LogP contribution is -2.51. The summed E-state index contributed by atoms with van der Waals surface area (Å²) in [5, 5.41) is 0. The van der Waals surface area contributed by atoms with Crippen LogP contribution in [0.5, 0.6) is 0 Å². The van der Waals surface area contributed by atoms with Crippen molar-refractivity contribution in [1.29, 1.82) is 0 Å². The molecule has 2 rings (SSSR count). The lowest BCUT2D eigenvalue weighted by molar-refractivity contribution is -0.123. The van der Waals surface area contributed by atoms with E-state index >= 15 is 0 Å². The van der Waals surface area contributed by atoms with Gasteiger partial charge in [-0.05, 0) is 54.6 Å². The van der Waals surface area contributed by atoms with Gasteiger partial charge < -0.3 is 4.43 Å². The Balaban J connectivity index is 2.33. The van der Waals surface area contributed by atoms with Gasteiger partial charge in [-0.2, -0.15) is 0 Å². The van der Waals surface area contributed by atoms with Crippen LogP contribution in [0.4, 0.5) is 0 Å². The summed E-state index contributed by atoms with van der Waals surface area (Å²) in [5.41, 5.74) is 1.65. The van der Waals surface area contributed by atoms with Gasteiger partial charge in [0.25, 0.3) is 0 Å². The Morgan fingerprint density at radius 1 is 0.960 bits per heavy atom. The molecule has 2 fully saturated rings. The predicted octanol–water partition coefficient (Wildman–Crippen LogP) is 5.53. The smallest absolute Gasteiger partial charge is 0.200 e. The second kappa shape index (κ2) is 8.04. The predicted molar refractivity (Wildman–Crippen MR) is 105 cm³/mol. The van der Waals surface area contributed by atoms with Gasteiger partial charge in [0, 0.05) is 24.9 Å². The highest BCUT2D eigenvalue weighted by molar-refractivity contribution is 6.77. The third kappa shape index (κ3) is 3.95. The molecule has 144 valence electrons. The fourth-order valence-electron chi connectivity index (χ4n) is 6.06. The maximum Gasteiger partial charge on any atom is 0.200 e. The second-order valence-corrected chi connectivity index (χ2v) is 14.8. The van der Waals surface area contributed by atoms with E-state index in [4.69, 9.17) is 4.43 Å². The standard InChI is InChI=1S/C21H38O3Si/c1-13(2)25(14(3)4,15(5)6)24-21-11-8-17(23)12-20-18(16(7)22)9-10-19(20)21/h13-15,18-21H,8-12H2,1-7H3/t18-,19+,20+,21-/m1/s1. The molecule has 0 radical (unpaired) electrons. The minimum Gasteiger partial charge on any atom is -0.413 e. The van der Waals surface area contributed by atoms with Crippen molar-refractivity contribution in [3.8, 4) is 0 Å². The first-order valence-corrected chi connectivity index (χ1v) is 12.4. The summed E-state index contributed by atoms with van der Waals surface area (Å²) in [6.07, 6.45) is 4.23. The molecule has 0 aliphatic heterocycles. The molecule has 3 nitrogen and oxygen atoms in total. The van der Waals surface area contributed by atoms with Crippen molar-refractivity contribution < 1.29 is 14.0 Å². The van der Waals surface area contributed by atoms with Crippen molar-refractivity contribution in [1.82, 2.24) is 0 Å². The van der Waals surface area contributed by atoms with Gasteiger partial charge in [-0.15, -0.1) is 0 Å². The van der Waals surface area contributed by atoms with Gasteiger partial charge in [0.15, 0.2) is 0 Å². The van der Waals surface area contributed by atoms with Gasteiger partial charge in [0.05, 0.1) is 0 Å². The average molecular weight is 367 g/mol. The van der Waals surface area contributed by atoms with E-state index < -0.39 is 8.32 Å². The fourth-order valence-corrected chi connectivity index (χ4v) is 11.7. The Morgan fingerprint density at radius 2 is 1.52 bits per heavy atom. The van der Waals surface area contributed by atoms with Crippen molar-refractivity contribution in [3.63, 3.8) is 0 Å². The molecular weight excluding hydrogens is 328 g/mol. The van der Waals surface area contributed by atoms with Gasteiger partial charge in [-0.1, -0.05) is 41.5 Å². The van der Waals surface area contributed by atoms with Gasteiger partial charge >= 0.3 is 0 Å². The molecule has 4 heteroatoms. The maximum absolute atomic E-state index is 12.4. The first kappa shape index (κ1) is 20.8.